The molecule has 0 amide bonds. The fourth-order valence-electron chi connectivity index (χ4n) is 9.01. The molecule has 3 atom stereocenters. The normalized spacial score (nSPS) is 23.3. The van der Waals surface area contributed by atoms with Gasteiger partial charge in [-0.05, 0) is 128 Å². The van der Waals surface area contributed by atoms with Gasteiger partial charge >= 0.3 is 0 Å². The topological polar surface area (TPSA) is 40.6 Å². The summed E-state index contributed by atoms with van der Waals surface area (Å²) in [6, 6.07) is 24.2. The molecule has 3 fully saturated rings. The minimum Gasteiger partial charge on any atom is -0.303 e. The standard InChI is InChI=1S/C42H50N2O2/c1-4-19-43-20-9-13-32(25-43)42(46)33-23-39-29(3)11-8-16-37(39)40(24-33)34-21-35(27-44(26-34)36-14-5-6-15-36)41(45)31-18-17-30-12-7-10-28(2)38(30)22-31/h7-8,10-12,16-18,22-24,32,34-36H,4-6,9,13-15,19-21,25-27H2,1-3H3. The van der Waals surface area contributed by atoms with Gasteiger partial charge in [-0.15, -0.1) is 0 Å². The van der Waals surface area contributed by atoms with Crippen LogP contribution in [0.5, 0.6) is 0 Å². The molecule has 0 N–H and O–H groups in total. The lowest BCUT2D eigenvalue weighted by Crippen LogP contribution is -2.46. The van der Waals surface area contributed by atoms with E-state index in [4.69, 9.17) is 0 Å². The maximum absolute atomic E-state index is 14.4. The number of piperidine rings is 2. The van der Waals surface area contributed by atoms with Gasteiger partial charge in [-0.3, -0.25) is 14.5 Å². The number of carbonyl (C=O) groups excluding carboxylic acids is 2. The van der Waals surface area contributed by atoms with Gasteiger partial charge in [-0.25, -0.2) is 0 Å². The van der Waals surface area contributed by atoms with E-state index in [0.717, 1.165) is 69.5 Å². The van der Waals surface area contributed by atoms with E-state index >= 15 is 0 Å². The molecule has 3 aliphatic rings. The maximum Gasteiger partial charge on any atom is 0.167 e. The summed E-state index contributed by atoms with van der Waals surface area (Å²) in [5.41, 5.74) is 5.39. The van der Waals surface area contributed by atoms with Gasteiger partial charge in [0.15, 0.2) is 11.6 Å². The Labute approximate surface area is 275 Å². The smallest absolute Gasteiger partial charge is 0.167 e. The molecule has 0 spiro atoms. The Balaban J connectivity index is 1.26. The summed E-state index contributed by atoms with van der Waals surface area (Å²) in [7, 11) is 0. The Morgan fingerprint density at radius 2 is 1.46 bits per heavy atom. The highest BCUT2D eigenvalue weighted by Crippen LogP contribution is 2.40. The van der Waals surface area contributed by atoms with Crippen LogP contribution in [-0.2, 0) is 0 Å². The van der Waals surface area contributed by atoms with Crippen molar-refractivity contribution in [2.75, 3.05) is 32.7 Å². The number of likely N-dealkylation sites (tertiary alicyclic amines) is 2. The number of ketones is 2. The predicted octanol–water partition coefficient (Wildman–Crippen LogP) is 9.15. The number of benzene rings is 4. The molecule has 0 aromatic heterocycles. The van der Waals surface area contributed by atoms with Gasteiger partial charge in [-0.2, -0.15) is 0 Å². The molecule has 240 valence electrons. The van der Waals surface area contributed by atoms with Crippen LogP contribution >= 0.6 is 0 Å². The first-order valence-corrected chi connectivity index (χ1v) is 18.0. The third kappa shape index (κ3) is 6.19. The number of hydrogen-bond donors (Lipinski definition) is 0. The molecule has 2 heterocycles. The van der Waals surface area contributed by atoms with Crippen LogP contribution in [-0.4, -0.2) is 60.1 Å². The number of fused-ring (bicyclic) bond motifs is 2. The van der Waals surface area contributed by atoms with E-state index < -0.39 is 0 Å². The molecular weight excluding hydrogens is 564 g/mol. The third-order valence-electron chi connectivity index (χ3n) is 11.5. The number of aryl methyl sites for hydroxylation is 2. The van der Waals surface area contributed by atoms with Gasteiger partial charge in [0.25, 0.3) is 0 Å². The van der Waals surface area contributed by atoms with E-state index in [0.29, 0.717) is 11.8 Å². The lowest BCUT2D eigenvalue weighted by Gasteiger charge is -2.41. The Morgan fingerprint density at radius 1 is 0.717 bits per heavy atom. The maximum atomic E-state index is 14.4. The number of Topliss-reactive ketones (excluding diaryl/α,β-unsaturated/α-hetero) is 2. The van der Waals surface area contributed by atoms with Crippen molar-refractivity contribution in [3.05, 3.63) is 94.5 Å². The molecule has 1 aliphatic carbocycles. The van der Waals surface area contributed by atoms with Gasteiger partial charge < -0.3 is 4.90 Å². The van der Waals surface area contributed by atoms with Crippen LogP contribution in [0.25, 0.3) is 21.5 Å². The molecule has 4 aromatic carbocycles. The van der Waals surface area contributed by atoms with E-state index in [9.17, 15) is 9.59 Å². The van der Waals surface area contributed by atoms with Crippen molar-refractivity contribution in [1.29, 1.82) is 0 Å². The van der Waals surface area contributed by atoms with Gasteiger partial charge in [0, 0.05) is 48.6 Å². The largest absolute Gasteiger partial charge is 0.303 e. The average Bonchev–Trinajstić information content (AvgIpc) is 3.63. The molecule has 0 radical (unpaired) electrons. The molecule has 7 rings (SSSR count). The summed E-state index contributed by atoms with van der Waals surface area (Å²) in [4.78, 5) is 33.7. The SMILES string of the molecule is CCCN1CCCC(C(=O)c2cc(C3CC(C(=O)c4ccc5cccc(C)c5c4)CN(C4CCCC4)C3)c3cccc(C)c3c2)C1. The van der Waals surface area contributed by atoms with Crippen molar-refractivity contribution >= 4 is 33.1 Å². The van der Waals surface area contributed by atoms with Crippen LogP contribution in [0, 0.1) is 25.7 Å². The van der Waals surface area contributed by atoms with E-state index in [1.54, 1.807) is 0 Å². The molecule has 1 saturated carbocycles. The summed E-state index contributed by atoms with van der Waals surface area (Å²) in [5, 5.41) is 4.79. The number of hydrogen-bond acceptors (Lipinski definition) is 4. The lowest BCUT2D eigenvalue weighted by molar-refractivity contribution is 0.0714. The summed E-state index contributed by atoms with van der Waals surface area (Å²) in [6.45, 7) is 11.4. The van der Waals surface area contributed by atoms with Crippen molar-refractivity contribution in [2.45, 2.75) is 84.1 Å². The average molecular weight is 615 g/mol. The van der Waals surface area contributed by atoms with Crippen LogP contribution in [0.3, 0.4) is 0 Å². The summed E-state index contributed by atoms with van der Waals surface area (Å²) < 4.78 is 0. The first kappa shape index (κ1) is 31.3. The van der Waals surface area contributed by atoms with Gasteiger partial charge in [-0.1, -0.05) is 68.3 Å². The Hall–Kier alpha value is -3.34. The molecule has 2 aliphatic heterocycles. The van der Waals surface area contributed by atoms with Crippen LogP contribution in [0.4, 0.5) is 0 Å². The zero-order valence-electron chi connectivity index (χ0n) is 28.1. The fraction of sp³-hybridized carbons (Fsp3) is 0.476. The second-order valence-corrected chi connectivity index (χ2v) is 14.6. The quantitative estimate of drug-likeness (QED) is 0.186. The summed E-state index contributed by atoms with van der Waals surface area (Å²) >= 11 is 0. The van der Waals surface area contributed by atoms with Crippen LogP contribution < -0.4 is 0 Å². The zero-order chi connectivity index (χ0) is 31.8. The van der Waals surface area contributed by atoms with Gasteiger partial charge in [0.1, 0.15) is 0 Å². The van der Waals surface area contributed by atoms with Crippen LogP contribution in [0.2, 0.25) is 0 Å². The number of nitrogens with zero attached hydrogens (tertiary/aromatic N) is 2. The minimum absolute atomic E-state index is 0.0571. The molecular formula is C42H50N2O2. The summed E-state index contributed by atoms with van der Waals surface area (Å²) in [6.07, 6.45) is 9.00. The molecule has 46 heavy (non-hydrogen) atoms. The van der Waals surface area contributed by atoms with Crippen molar-refractivity contribution < 1.29 is 9.59 Å². The molecule has 4 nitrogen and oxygen atoms in total. The highest BCUT2D eigenvalue weighted by Gasteiger charge is 2.37. The second kappa shape index (κ2) is 13.4. The highest BCUT2D eigenvalue weighted by molar-refractivity contribution is 6.04. The lowest BCUT2D eigenvalue weighted by atomic mass is 9.77. The molecule has 3 unspecified atom stereocenters. The van der Waals surface area contributed by atoms with Gasteiger partial charge in [0.2, 0.25) is 0 Å². The summed E-state index contributed by atoms with van der Waals surface area (Å²) in [5.74, 6) is 0.756. The molecule has 4 heteroatoms. The first-order valence-electron chi connectivity index (χ1n) is 18.0. The zero-order valence-corrected chi connectivity index (χ0v) is 28.1. The number of rotatable bonds is 8. The van der Waals surface area contributed by atoms with E-state index in [2.05, 4.69) is 91.2 Å². The van der Waals surface area contributed by atoms with Crippen LogP contribution in [0.15, 0.2) is 66.7 Å². The van der Waals surface area contributed by atoms with E-state index in [1.807, 2.05) is 6.07 Å². The van der Waals surface area contributed by atoms with Gasteiger partial charge in [0.05, 0.1) is 0 Å². The van der Waals surface area contributed by atoms with Crippen molar-refractivity contribution in [3.8, 4) is 0 Å². The second-order valence-electron chi connectivity index (χ2n) is 14.6. The van der Waals surface area contributed by atoms with Crippen molar-refractivity contribution in [3.63, 3.8) is 0 Å². The minimum atomic E-state index is -0.0685. The van der Waals surface area contributed by atoms with E-state index in [1.165, 1.54) is 63.9 Å². The third-order valence-corrected chi connectivity index (χ3v) is 11.5. The Bertz CT molecular complexity index is 1750. The van der Waals surface area contributed by atoms with E-state index in [-0.39, 0.29) is 23.5 Å². The number of carbonyl (C=O) groups is 2. The predicted molar refractivity (Wildman–Crippen MR) is 190 cm³/mol. The van der Waals surface area contributed by atoms with Crippen LogP contribution in [0.1, 0.15) is 102 Å². The van der Waals surface area contributed by atoms with Crippen molar-refractivity contribution in [2.24, 2.45) is 11.8 Å². The molecule has 0 bridgehead atoms. The fourth-order valence-corrected chi connectivity index (χ4v) is 9.01. The monoisotopic (exact) mass is 614 g/mol. The first-order chi connectivity index (χ1) is 22.4. The highest BCUT2D eigenvalue weighted by atomic mass is 16.1. The Morgan fingerprint density at radius 3 is 2.26 bits per heavy atom. The van der Waals surface area contributed by atoms with Crippen molar-refractivity contribution in [1.82, 2.24) is 9.80 Å². The Kier molecular flexibility index (Phi) is 9.12. The molecule has 4 aromatic rings. The molecule has 2 saturated heterocycles.